The van der Waals surface area contributed by atoms with E-state index in [1.165, 1.54) is 0 Å². The molecule has 16 heavy (non-hydrogen) atoms. The molecule has 1 aliphatic rings. The summed E-state index contributed by atoms with van der Waals surface area (Å²) in [4.78, 5) is 11.3. The van der Waals surface area contributed by atoms with Crippen LogP contribution in [0.4, 0.5) is 0 Å². The SMILES string of the molecule is Cc1ccc(C#N)cc1OC1COCC1=O. The Balaban J connectivity index is 2.20. The van der Waals surface area contributed by atoms with E-state index < -0.39 is 6.10 Å². The van der Waals surface area contributed by atoms with Gasteiger partial charge < -0.3 is 9.47 Å². The molecule has 82 valence electrons. The summed E-state index contributed by atoms with van der Waals surface area (Å²) in [6, 6.07) is 7.19. The first-order chi connectivity index (χ1) is 7.70. The van der Waals surface area contributed by atoms with Crippen LogP contribution in [0.3, 0.4) is 0 Å². The summed E-state index contributed by atoms with van der Waals surface area (Å²) < 4.78 is 10.5. The number of hydrogen-bond donors (Lipinski definition) is 0. The Hall–Kier alpha value is -1.86. The molecule has 1 aromatic carbocycles. The molecule has 1 saturated heterocycles. The molecule has 1 fully saturated rings. The molecular formula is C12H11NO3. The van der Waals surface area contributed by atoms with Crippen molar-refractivity contribution >= 4 is 5.78 Å². The normalized spacial score (nSPS) is 19.5. The highest BCUT2D eigenvalue weighted by Crippen LogP contribution is 2.21. The molecule has 1 aromatic rings. The molecular weight excluding hydrogens is 206 g/mol. The largest absolute Gasteiger partial charge is 0.480 e. The van der Waals surface area contributed by atoms with Crippen molar-refractivity contribution in [1.82, 2.24) is 0 Å². The highest BCUT2D eigenvalue weighted by Gasteiger charge is 2.27. The fourth-order valence-electron chi connectivity index (χ4n) is 1.50. The maximum atomic E-state index is 11.3. The van der Waals surface area contributed by atoms with E-state index in [1.54, 1.807) is 18.2 Å². The van der Waals surface area contributed by atoms with E-state index in [1.807, 2.05) is 13.0 Å². The van der Waals surface area contributed by atoms with Crippen LogP contribution in [-0.4, -0.2) is 25.1 Å². The van der Waals surface area contributed by atoms with Gasteiger partial charge in [-0.2, -0.15) is 5.26 Å². The van der Waals surface area contributed by atoms with Crippen LogP contribution in [-0.2, 0) is 9.53 Å². The minimum Gasteiger partial charge on any atom is -0.480 e. The zero-order chi connectivity index (χ0) is 11.5. The van der Waals surface area contributed by atoms with E-state index in [-0.39, 0.29) is 19.0 Å². The van der Waals surface area contributed by atoms with Gasteiger partial charge in [0.05, 0.1) is 18.2 Å². The van der Waals surface area contributed by atoms with E-state index in [0.717, 1.165) is 5.56 Å². The number of carbonyl (C=O) groups is 1. The highest BCUT2D eigenvalue weighted by atomic mass is 16.6. The molecule has 4 heteroatoms. The molecule has 0 bridgehead atoms. The van der Waals surface area contributed by atoms with Crippen molar-refractivity contribution in [3.8, 4) is 11.8 Å². The molecule has 0 radical (unpaired) electrons. The molecule has 2 rings (SSSR count). The molecule has 0 aromatic heterocycles. The van der Waals surface area contributed by atoms with Crippen LogP contribution < -0.4 is 4.74 Å². The summed E-state index contributed by atoms with van der Waals surface area (Å²) in [6.45, 7) is 2.27. The van der Waals surface area contributed by atoms with Crippen molar-refractivity contribution < 1.29 is 14.3 Å². The topological polar surface area (TPSA) is 59.3 Å². The number of Topliss-reactive ketones (excluding diaryl/α,β-unsaturated/α-hetero) is 1. The predicted octanol–water partition coefficient (Wildman–Crippen LogP) is 1.21. The lowest BCUT2D eigenvalue weighted by molar-refractivity contribution is -0.122. The summed E-state index contributed by atoms with van der Waals surface area (Å²) in [7, 11) is 0. The van der Waals surface area contributed by atoms with Gasteiger partial charge in [-0.1, -0.05) is 6.07 Å². The van der Waals surface area contributed by atoms with Crippen LogP contribution >= 0.6 is 0 Å². The molecule has 4 nitrogen and oxygen atoms in total. The van der Waals surface area contributed by atoms with Crippen molar-refractivity contribution in [3.05, 3.63) is 29.3 Å². The van der Waals surface area contributed by atoms with Crippen LogP contribution in [0.2, 0.25) is 0 Å². The maximum absolute atomic E-state index is 11.3. The van der Waals surface area contributed by atoms with Crippen LogP contribution in [0.15, 0.2) is 18.2 Å². The molecule has 0 spiro atoms. The molecule has 1 heterocycles. The second-order valence-corrected chi connectivity index (χ2v) is 3.68. The fraction of sp³-hybridized carbons (Fsp3) is 0.333. The van der Waals surface area contributed by atoms with Gasteiger partial charge in [0.2, 0.25) is 5.78 Å². The van der Waals surface area contributed by atoms with Crippen molar-refractivity contribution in [2.24, 2.45) is 0 Å². The minimum absolute atomic E-state index is 0.0539. The Morgan fingerprint density at radius 3 is 3.00 bits per heavy atom. The third kappa shape index (κ3) is 2.05. The number of ketones is 1. The number of nitriles is 1. The lowest BCUT2D eigenvalue weighted by atomic mass is 10.1. The average Bonchev–Trinajstić information content (AvgIpc) is 2.68. The molecule has 0 saturated carbocycles. The number of nitrogens with zero attached hydrogens (tertiary/aromatic N) is 1. The van der Waals surface area contributed by atoms with Gasteiger partial charge in [0.1, 0.15) is 12.4 Å². The zero-order valence-electron chi connectivity index (χ0n) is 8.90. The molecule has 1 aliphatic heterocycles. The third-order valence-electron chi connectivity index (χ3n) is 2.46. The smallest absolute Gasteiger partial charge is 0.201 e. The molecule has 0 amide bonds. The van der Waals surface area contributed by atoms with Gasteiger partial charge in [-0.3, -0.25) is 4.79 Å². The van der Waals surface area contributed by atoms with Crippen molar-refractivity contribution in [2.75, 3.05) is 13.2 Å². The molecule has 0 aliphatic carbocycles. The van der Waals surface area contributed by atoms with Gasteiger partial charge >= 0.3 is 0 Å². The Morgan fingerprint density at radius 2 is 2.38 bits per heavy atom. The third-order valence-corrected chi connectivity index (χ3v) is 2.46. The summed E-state index contributed by atoms with van der Waals surface area (Å²) >= 11 is 0. The van der Waals surface area contributed by atoms with Gasteiger partial charge in [-0.15, -0.1) is 0 Å². The molecule has 1 atom stereocenters. The van der Waals surface area contributed by atoms with E-state index in [4.69, 9.17) is 14.7 Å². The zero-order valence-corrected chi connectivity index (χ0v) is 8.90. The number of hydrogen-bond acceptors (Lipinski definition) is 4. The van der Waals surface area contributed by atoms with Gasteiger partial charge in [0.15, 0.2) is 6.10 Å². The lowest BCUT2D eigenvalue weighted by Gasteiger charge is -2.12. The summed E-state index contributed by atoms with van der Waals surface area (Å²) in [5.41, 5.74) is 1.42. The van der Waals surface area contributed by atoms with Crippen LogP contribution in [0.25, 0.3) is 0 Å². The average molecular weight is 217 g/mol. The quantitative estimate of drug-likeness (QED) is 0.747. The van der Waals surface area contributed by atoms with Crippen molar-refractivity contribution in [2.45, 2.75) is 13.0 Å². The van der Waals surface area contributed by atoms with E-state index in [2.05, 4.69) is 0 Å². The van der Waals surface area contributed by atoms with Crippen LogP contribution in [0, 0.1) is 18.3 Å². The van der Waals surface area contributed by atoms with E-state index in [9.17, 15) is 4.79 Å². The monoisotopic (exact) mass is 217 g/mol. The number of benzene rings is 1. The predicted molar refractivity (Wildman–Crippen MR) is 56.1 cm³/mol. The van der Waals surface area contributed by atoms with E-state index >= 15 is 0 Å². The molecule has 1 unspecified atom stereocenters. The number of aryl methyl sites for hydroxylation is 1. The van der Waals surface area contributed by atoms with Gasteiger partial charge in [0.25, 0.3) is 0 Å². The fourth-order valence-corrected chi connectivity index (χ4v) is 1.50. The Labute approximate surface area is 93.4 Å². The Kier molecular flexibility index (Phi) is 2.88. The second kappa shape index (κ2) is 4.33. The van der Waals surface area contributed by atoms with Gasteiger partial charge in [-0.05, 0) is 24.6 Å². The Morgan fingerprint density at radius 1 is 1.56 bits per heavy atom. The highest BCUT2D eigenvalue weighted by molar-refractivity contribution is 5.86. The summed E-state index contributed by atoms with van der Waals surface area (Å²) in [5.74, 6) is 0.518. The van der Waals surface area contributed by atoms with Crippen molar-refractivity contribution in [1.29, 1.82) is 5.26 Å². The lowest BCUT2D eigenvalue weighted by Crippen LogP contribution is -2.25. The second-order valence-electron chi connectivity index (χ2n) is 3.68. The van der Waals surface area contributed by atoms with Gasteiger partial charge in [-0.25, -0.2) is 0 Å². The minimum atomic E-state index is -0.535. The van der Waals surface area contributed by atoms with Crippen molar-refractivity contribution in [3.63, 3.8) is 0 Å². The first-order valence-corrected chi connectivity index (χ1v) is 4.98. The summed E-state index contributed by atoms with van der Waals surface area (Å²) in [6.07, 6.45) is -0.535. The maximum Gasteiger partial charge on any atom is 0.201 e. The first kappa shape index (κ1) is 10.7. The number of carbonyl (C=O) groups excluding carboxylic acids is 1. The summed E-state index contributed by atoms with van der Waals surface area (Å²) in [5, 5.41) is 8.77. The van der Waals surface area contributed by atoms with E-state index in [0.29, 0.717) is 11.3 Å². The first-order valence-electron chi connectivity index (χ1n) is 4.98. The molecule has 0 N–H and O–H groups in total. The number of ether oxygens (including phenoxy) is 2. The number of rotatable bonds is 2. The standard InChI is InChI=1S/C12H11NO3/c1-8-2-3-9(5-13)4-11(8)16-12-7-15-6-10(12)14/h2-4,12H,6-7H2,1H3. The van der Waals surface area contributed by atoms with Gasteiger partial charge in [0, 0.05) is 0 Å². The van der Waals surface area contributed by atoms with Crippen LogP contribution in [0.1, 0.15) is 11.1 Å². The Bertz CT molecular complexity index is 462. The van der Waals surface area contributed by atoms with Crippen LogP contribution in [0.5, 0.6) is 5.75 Å².